The molecule has 17 atom stereocenters. The molecule has 149 heavy (non-hydrogen) atoms. The van der Waals surface area contributed by atoms with Gasteiger partial charge in [-0.15, -0.1) is 0 Å². The minimum absolute atomic E-state index is 0.0282. The van der Waals surface area contributed by atoms with E-state index in [9.17, 15) is 95.1 Å². The first-order chi connectivity index (χ1) is 67.7. The summed E-state index contributed by atoms with van der Waals surface area (Å²) >= 11 is 0. The van der Waals surface area contributed by atoms with Crippen molar-refractivity contribution in [3.05, 3.63) is 0 Å². The molecule has 0 aromatic rings. The number of esters is 11. The number of cyclic esters (lactones) is 3. The third-order valence-electron chi connectivity index (χ3n) is 38.9. The van der Waals surface area contributed by atoms with Gasteiger partial charge in [0.2, 0.25) is 23.9 Å². The fraction of sp³-hybridized carbons (Fsp3) is 0.906. The summed E-state index contributed by atoms with van der Waals surface area (Å²) in [6.07, 6.45) is 21.3. The van der Waals surface area contributed by atoms with Crippen LogP contribution in [0.1, 0.15) is 448 Å². The Hall–Kier alpha value is -6.38. The SMILES string of the molecule is CCC(C)(C)C(=O)OC1(C)COC(O)(C(F)(F)F)C1(F)F.CCC(C)(C)C(=O)OC1(CC)CC2CC1C1C3CCC(C3)C21.CCC(C)(C)C(=O)OC12CC3CC(C(C)(C)O)(C1)CC(C(C)(C)O)(C3)C2.CCC(C)(C)C(=O)OC12CC3CC(CC(O)(C3)C1)C2.CCC(C)(C)C(=O)OC1C(=O)OCC1(C)C.CCC(C)(C)C(=O)OC1CCOC1=O.CCC(C)(C)C(=O)OC1CCOC1=O.CCC1(OC(=O)C(C)(C)CC)CCC(C)(C)C1. The van der Waals surface area contributed by atoms with Crippen LogP contribution in [0, 0.1) is 118 Å². The van der Waals surface area contributed by atoms with Gasteiger partial charge in [0.05, 0.1) is 79.9 Å². The van der Waals surface area contributed by atoms with Gasteiger partial charge < -0.3 is 77.3 Å². The van der Waals surface area contributed by atoms with E-state index in [0.717, 1.165) is 145 Å². The van der Waals surface area contributed by atoms with Crippen LogP contribution < -0.4 is 0 Å². The lowest BCUT2D eigenvalue weighted by atomic mass is 9.37. The molecule has 13 saturated carbocycles. The van der Waals surface area contributed by atoms with Gasteiger partial charge in [-0.25, -0.2) is 14.4 Å². The van der Waals surface area contributed by atoms with E-state index in [1.54, 1.807) is 34.6 Å². The summed E-state index contributed by atoms with van der Waals surface area (Å²) in [5.41, 5.74) is -11.5. The molecule has 0 aromatic carbocycles. The second kappa shape index (κ2) is 45.3. The Labute approximate surface area is 886 Å². The van der Waals surface area contributed by atoms with Crippen LogP contribution in [0.3, 0.4) is 0 Å². The Morgan fingerprint density at radius 1 is 0.376 bits per heavy atom. The second-order valence-electron chi connectivity index (χ2n) is 55.5. The lowest BCUT2D eigenvalue weighted by Gasteiger charge is -2.70. The number of hydrogen-bond acceptors (Lipinski definition) is 27. The van der Waals surface area contributed by atoms with Crippen molar-refractivity contribution in [3.63, 3.8) is 0 Å². The lowest BCUT2D eigenvalue weighted by Crippen LogP contribution is -2.70. The predicted octanol–water partition coefficient (Wildman–Crippen LogP) is 23.5. The highest BCUT2D eigenvalue weighted by Crippen LogP contribution is 2.74. The molecule has 32 heteroatoms. The number of ether oxygens (including phenoxy) is 12. The highest BCUT2D eigenvalue weighted by atomic mass is 19.4. The zero-order valence-electron chi connectivity index (χ0n) is 97.5. The Balaban J connectivity index is 0.000000209. The highest BCUT2D eigenvalue weighted by Gasteiger charge is 2.83. The van der Waals surface area contributed by atoms with E-state index >= 15 is 0 Å². The molecule has 13 aliphatic carbocycles. The maximum atomic E-state index is 14.0. The normalized spacial score (nSPS) is 34.4. The molecule has 4 aliphatic heterocycles. The zero-order valence-corrected chi connectivity index (χ0v) is 97.5. The number of aliphatic hydroxyl groups is 4. The molecule has 17 unspecified atom stereocenters. The quantitative estimate of drug-likeness (QED) is 0.0245. The van der Waals surface area contributed by atoms with Crippen molar-refractivity contribution >= 4 is 65.7 Å². The molecule has 4 N–H and O–H groups in total. The first-order valence-corrected chi connectivity index (χ1v) is 56.0. The smallest absolute Gasteiger partial charge is 0.449 e. The molecule has 17 fully saturated rings. The zero-order chi connectivity index (χ0) is 114. The fourth-order valence-electron chi connectivity index (χ4n) is 25.4. The van der Waals surface area contributed by atoms with E-state index in [0.29, 0.717) is 107 Å². The van der Waals surface area contributed by atoms with Crippen LogP contribution in [0.15, 0.2) is 0 Å². The molecule has 4 heterocycles. The molecule has 0 radical (unpaired) electrons. The van der Waals surface area contributed by atoms with E-state index in [2.05, 4.69) is 44.1 Å². The van der Waals surface area contributed by atoms with E-state index in [1.807, 2.05) is 152 Å². The molecular weight excluding hydrogens is 1930 g/mol. The lowest BCUT2D eigenvalue weighted by molar-refractivity contribution is -0.409. The van der Waals surface area contributed by atoms with Crippen LogP contribution in [0.5, 0.6) is 0 Å². The van der Waals surface area contributed by atoms with Gasteiger partial charge in [0.25, 0.3) is 0 Å². The van der Waals surface area contributed by atoms with Gasteiger partial charge in [-0.1, -0.05) is 96.9 Å². The van der Waals surface area contributed by atoms with Crippen molar-refractivity contribution in [1.29, 1.82) is 0 Å². The van der Waals surface area contributed by atoms with Crippen LogP contribution in [0.4, 0.5) is 22.0 Å². The number of carbonyl (C=O) groups is 11. The largest absolute Gasteiger partial charge is 0.463 e. The summed E-state index contributed by atoms with van der Waals surface area (Å²) < 4.78 is 129. The minimum atomic E-state index is -5.74. The number of alkyl halides is 5. The first-order valence-electron chi connectivity index (χ1n) is 56.0. The van der Waals surface area contributed by atoms with E-state index < -0.39 is 133 Å². The molecule has 0 aromatic heterocycles. The summed E-state index contributed by atoms with van der Waals surface area (Å²) in [6, 6.07) is 0. The topological polar surface area (TPSA) is 379 Å². The Morgan fingerprint density at radius 2 is 0.758 bits per heavy atom. The van der Waals surface area contributed by atoms with Gasteiger partial charge in [-0.3, -0.25) is 38.4 Å². The molecule has 4 saturated heterocycles. The fourth-order valence-corrected chi connectivity index (χ4v) is 25.4. The molecule has 0 spiro atoms. The summed E-state index contributed by atoms with van der Waals surface area (Å²) in [5.74, 6) is -6.27. The van der Waals surface area contributed by atoms with Crippen LogP contribution in [-0.2, 0) is 110 Å². The Bertz CT molecular complexity index is 4620. The highest BCUT2D eigenvalue weighted by molar-refractivity contribution is 5.85. The summed E-state index contributed by atoms with van der Waals surface area (Å²) in [6.45, 7) is 65.4. The predicted molar refractivity (Wildman–Crippen MR) is 550 cm³/mol. The van der Waals surface area contributed by atoms with Gasteiger partial charge in [-0.2, -0.15) is 22.0 Å². The number of halogens is 5. The Morgan fingerprint density at radius 3 is 1.11 bits per heavy atom. The van der Waals surface area contributed by atoms with Gasteiger partial charge >= 0.3 is 83.5 Å². The number of carbonyl (C=O) groups excluding carboxylic acids is 11. The van der Waals surface area contributed by atoms with Crippen LogP contribution in [0.2, 0.25) is 0 Å². The Kier molecular flexibility index (Phi) is 38.9. The van der Waals surface area contributed by atoms with Crippen LogP contribution in [-0.4, -0.2) is 194 Å². The van der Waals surface area contributed by atoms with E-state index in [1.165, 1.54) is 46.0 Å². The maximum Gasteiger partial charge on any atom is 0.449 e. The van der Waals surface area contributed by atoms with Crippen molar-refractivity contribution in [2.24, 2.45) is 118 Å². The third-order valence-corrected chi connectivity index (χ3v) is 38.9. The van der Waals surface area contributed by atoms with Crippen molar-refractivity contribution in [1.82, 2.24) is 0 Å². The minimum Gasteiger partial charge on any atom is -0.463 e. The second-order valence-corrected chi connectivity index (χ2v) is 55.5. The van der Waals surface area contributed by atoms with Gasteiger partial charge in [0, 0.05) is 41.4 Å². The van der Waals surface area contributed by atoms with E-state index in [-0.39, 0.29) is 86.7 Å². The monoisotopic (exact) mass is 2130 g/mol. The molecule has 17 aliphatic rings. The standard InChI is InChI=1S/C22H38O4.C20H32O2.C16H26O3.C15H28O2.C12H17F5O4.C12H20O4.2C10H16O4/c1-8-17(2,3)16(23)26-22-11-15-9-20(13-22,18(4,5)24)12-21(10-15,14-22)19(6,7)25;1-5-19(3,4)18(21)22-20(6-2)11-14-10-15(20)17-13-8-7-12(9-13)16(14)17;1-4-14(2,3)13(17)19-16-8-11-5-12(9-16)7-15(18,6-11)10-16;1-7-14(5,6)12(16)17-15(8-2)10-9-13(3,4)11-15;1-5-8(2,3)7(18)21-9(4)6-20-11(19,10(9,13)14)12(15,16)17;1-6-11(2,3)10(14)16-8-9(13)15-7-12(8,4)5;2*1-4-10(2,3)9(12)14-7-5-6-13-8(7)11/h15,24-25H,8-14H2,1-7H3;12-17H,5-11H2,1-4H3;11-12,18H,4-10H2,1-3H3;7-11H2,1-6H3;19H,5-6H2,1-4H3;8H,6-7H2,1-5H3;2*7H,4-6H2,1-3H3. The van der Waals surface area contributed by atoms with Gasteiger partial charge in [-0.05, 0) is 384 Å². The molecule has 0 amide bonds. The van der Waals surface area contributed by atoms with Crippen molar-refractivity contribution in [2.45, 2.75) is 529 Å². The first kappa shape index (κ1) is 128. The number of hydrogen-bond donors (Lipinski definition) is 4. The summed E-state index contributed by atoms with van der Waals surface area (Å²) in [4.78, 5) is 131. The van der Waals surface area contributed by atoms with Crippen LogP contribution in [0.25, 0.3) is 0 Å². The number of fused-ring (bicyclic) bond motifs is 9. The third kappa shape index (κ3) is 27.5. The van der Waals surface area contributed by atoms with Crippen molar-refractivity contribution in [2.75, 3.05) is 26.4 Å². The summed E-state index contributed by atoms with van der Waals surface area (Å²) in [7, 11) is 0. The van der Waals surface area contributed by atoms with Gasteiger partial charge in [0.15, 0.2) is 0 Å². The molecular formula is C117H193F5O27. The average Bonchev–Trinajstić information content (AvgIpc) is 1.63. The molecule has 27 nitrogen and oxygen atoms in total. The van der Waals surface area contributed by atoms with Crippen molar-refractivity contribution < 1.29 is 152 Å². The number of rotatable bonds is 28. The van der Waals surface area contributed by atoms with Crippen LogP contribution >= 0.6 is 0 Å². The average molecular weight is 2130 g/mol. The molecule has 17 rings (SSSR count). The molecule has 12 bridgehead atoms. The summed E-state index contributed by atoms with van der Waals surface area (Å²) in [5, 5.41) is 42.0. The molecule has 858 valence electrons. The maximum absolute atomic E-state index is 14.0. The van der Waals surface area contributed by atoms with E-state index in [4.69, 9.17) is 47.4 Å². The van der Waals surface area contributed by atoms with Gasteiger partial charge in [0.1, 0.15) is 29.0 Å². The van der Waals surface area contributed by atoms with Crippen molar-refractivity contribution in [3.8, 4) is 0 Å².